The number of nitrogens with two attached hydrogens (primary N) is 1. The number of carbonyl (C=O) groups excluding carboxylic acids is 2. The fourth-order valence-corrected chi connectivity index (χ4v) is 3.92. The number of hydrogen-bond acceptors (Lipinski definition) is 4. The van der Waals surface area contributed by atoms with Crippen LogP contribution in [0.1, 0.15) is 29.5 Å². The maximum absolute atomic E-state index is 12.4. The van der Waals surface area contributed by atoms with E-state index in [2.05, 4.69) is 34.9 Å². The normalized spacial score (nSPS) is 13.1. The van der Waals surface area contributed by atoms with Crippen LogP contribution in [0.25, 0.3) is 11.1 Å². The zero-order valence-corrected chi connectivity index (χ0v) is 17.5. The maximum atomic E-state index is 12.4. The van der Waals surface area contributed by atoms with Crippen molar-refractivity contribution in [2.24, 2.45) is 0 Å². The minimum atomic E-state index is -0.781. The molecule has 6 heteroatoms. The molecule has 0 spiro atoms. The van der Waals surface area contributed by atoms with E-state index in [1.54, 1.807) is 19.1 Å². The summed E-state index contributed by atoms with van der Waals surface area (Å²) in [7, 11) is 0. The van der Waals surface area contributed by atoms with Gasteiger partial charge in [-0.2, -0.15) is 0 Å². The molecule has 31 heavy (non-hydrogen) atoms. The van der Waals surface area contributed by atoms with Gasteiger partial charge in [0.25, 0.3) is 0 Å². The number of nitrogen functional groups attached to an aromatic ring is 1. The van der Waals surface area contributed by atoms with Crippen molar-refractivity contribution in [2.45, 2.75) is 25.8 Å². The molecule has 1 aliphatic carbocycles. The van der Waals surface area contributed by atoms with E-state index in [4.69, 9.17) is 10.5 Å². The Bertz CT molecular complexity index is 1100. The number of fused-ring (bicyclic) bond motifs is 3. The molecule has 2 amide bonds. The molecule has 0 radical (unpaired) electrons. The Hall–Kier alpha value is -3.80. The van der Waals surface area contributed by atoms with Crippen molar-refractivity contribution in [1.82, 2.24) is 5.32 Å². The second-order valence-corrected chi connectivity index (χ2v) is 7.77. The zero-order valence-electron chi connectivity index (χ0n) is 17.5. The zero-order chi connectivity index (χ0) is 22.0. The standard InChI is InChI=1S/C25H25N3O3/c1-15-11-12-23(22(26)13-15)28-24(29)16(2)27-25(30)31-14-21-19-9-5-3-7-17(19)18-8-4-6-10-20(18)21/h3-13,16,21H,14,26H2,1-2H3,(H,27,30)(H,28,29)/t16-/m0/s1. The smallest absolute Gasteiger partial charge is 0.407 e. The molecule has 0 aliphatic heterocycles. The molecular formula is C25H25N3O3. The third kappa shape index (κ3) is 4.23. The monoisotopic (exact) mass is 415 g/mol. The highest BCUT2D eigenvalue weighted by Crippen LogP contribution is 2.44. The van der Waals surface area contributed by atoms with Gasteiger partial charge in [-0.05, 0) is 53.8 Å². The third-order valence-corrected chi connectivity index (χ3v) is 5.54. The number of alkyl carbamates (subject to hydrolysis) is 1. The summed E-state index contributed by atoms with van der Waals surface area (Å²) in [5.74, 6) is -0.404. The molecule has 0 bridgehead atoms. The van der Waals surface area contributed by atoms with Crippen LogP contribution in [0.15, 0.2) is 66.7 Å². The van der Waals surface area contributed by atoms with E-state index in [1.165, 1.54) is 0 Å². The summed E-state index contributed by atoms with van der Waals surface area (Å²) in [5.41, 5.74) is 12.5. The first-order valence-corrected chi connectivity index (χ1v) is 10.2. The van der Waals surface area contributed by atoms with Gasteiger partial charge in [-0.3, -0.25) is 4.79 Å². The number of aryl methyl sites for hydroxylation is 1. The molecule has 0 saturated carbocycles. The van der Waals surface area contributed by atoms with Crippen molar-refractivity contribution in [1.29, 1.82) is 0 Å². The van der Waals surface area contributed by atoms with Crippen LogP contribution < -0.4 is 16.4 Å². The number of rotatable bonds is 5. The van der Waals surface area contributed by atoms with E-state index in [0.717, 1.165) is 27.8 Å². The average Bonchev–Trinajstić information content (AvgIpc) is 3.08. The minimum absolute atomic E-state index is 0.0327. The Kier molecular flexibility index (Phi) is 5.62. The van der Waals surface area contributed by atoms with Crippen LogP contribution in [0, 0.1) is 6.92 Å². The average molecular weight is 415 g/mol. The number of anilines is 2. The van der Waals surface area contributed by atoms with Gasteiger partial charge in [-0.1, -0.05) is 54.6 Å². The molecule has 4 rings (SSSR count). The topological polar surface area (TPSA) is 93.5 Å². The Balaban J connectivity index is 1.36. The Labute approximate surface area is 181 Å². The van der Waals surface area contributed by atoms with Crippen LogP contribution in [0.2, 0.25) is 0 Å². The molecule has 0 saturated heterocycles. The van der Waals surface area contributed by atoms with Gasteiger partial charge in [-0.25, -0.2) is 4.79 Å². The lowest BCUT2D eigenvalue weighted by molar-refractivity contribution is -0.117. The first kappa shape index (κ1) is 20.5. The summed E-state index contributed by atoms with van der Waals surface area (Å²) >= 11 is 0. The second kappa shape index (κ2) is 8.52. The highest BCUT2D eigenvalue weighted by atomic mass is 16.5. The fraction of sp³-hybridized carbons (Fsp3) is 0.200. The summed E-state index contributed by atoms with van der Waals surface area (Å²) in [5, 5.41) is 5.32. The van der Waals surface area contributed by atoms with E-state index in [-0.39, 0.29) is 18.4 Å². The van der Waals surface area contributed by atoms with Crippen molar-refractivity contribution in [3.8, 4) is 11.1 Å². The molecule has 0 fully saturated rings. The quantitative estimate of drug-likeness (QED) is 0.537. The lowest BCUT2D eigenvalue weighted by atomic mass is 9.98. The van der Waals surface area contributed by atoms with Crippen molar-refractivity contribution in [3.63, 3.8) is 0 Å². The predicted molar refractivity (Wildman–Crippen MR) is 122 cm³/mol. The van der Waals surface area contributed by atoms with E-state index in [0.29, 0.717) is 11.4 Å². The largest absolute Gasteiger partial charge is 0.449 e. The maximum Gasteiger partial charge on any atom is 0.407 e. The highest BCUT2D eigenvalue weighted by molar-refractivity contribution is 5.98. The van der Waals surface area contributed by atoms with Crippen molar-refractivity contribution in [3.05, 3.63) is 83.4 Å². The number of ether oxygens (including phenoxy) is 1. The predicted octanol–water partition coefficient (Wildman–Crippen LogP) is 4.44. The molecule has 0 unspecified atom stereocenters. The molecule has 0 aromatic heterocycles. The minimum Gasteiger partial charge on any atom is -0.449 e. The molecule has 3 aromatic rings. The molecule has 158 valence electrons. The van der Waals surface area contributed by atoms with Crippen molar-refractivity contribution < 1.29 is 14.3 Å². The molecule has 6 nitrogen and oxygen atoms in total. The van der Waals surface area contributed by atoms with Crippen LogP contribution in [-0.4, -0.2) is 24.6 Å². The van der Waals surface area contributed by atoms with E-state index < -0.39 is 12.1 Å². The summed E-state index contributed by atoms with van der Waals surface area (Å²) in [6.07, 6.45) is -0.638. The lowest BCUT2D eigenvalue weighted by Crippen LogP contribution is -2.42. The number of nitrogens with one attached hydrogen (secondary N) is 2. The van der Waals surface area contributed by atoms with E-state index >= 15 is 0 Å². The summed E-state index contributed by atoms with van der Waals surface area (Å²) in [4.78, 5) is 24.8. The SMILES string of the molecule is Cc1ccc(NC(=O)[C@H](C)NC(=O)OCC2c3ccccc3-c3ccccc32)c(N)c1. The van der Waals surface area contributed by atoms with Gasteiger partial charge in [-0.15, -0.1) is 0 Å². The van der Waals surface area contributed by atoms with Crippen LogP contribution in [-0.2, 0) is 9.53 Å². The van der Waals surface area contributed by atoms with Gasteiger partial charge in [0, 0.05) is 5.92 Å². The third-order valence-electron chi connectivity index (χ3n) is 5.54. The first-order chi connectivity index (χ1) is 14.9. The number of carbonyl (C=O) groups is 2. The summed E-state index contributed by atoms with van der Waals surface area (Å²) < 4.78 is 5.50. The first-order valence-electron chi connectivity index (χ1n) is 10.2. The van der Waals surface area contributed by atoms with Crippen LogP contribution in [0.4, 0.5) is 16.2 Å². The van der Waals surface area contributed by atoms with E-state index in [9.17, 15) is 9.59 Å². The molecule has 0 heterocycles. The highest BCUT2D eigenvalue weighted by Gasteiger charge is 2.29. The van der Waals surface area contributed by atoms with Crippen molar-refractivity contribution >= 4 is 23.4 Å². The van der Waals surface area contributed by atoms with Gasteiger partial charge in [0.2, 0.25) is 5.91 Å². The Morgan fingerprint density at radius 2 is 1.61 bits per heavy atom. The number of benzene rings is 3. The molecule has 4 N–H and O–H groups in total. The Morgan fingerprint density at radius 1 is 1.00 bits per heavy atom. The molecule has 3 aromatic carbocycles. The van der Waals surface area contributed by atoms with Gasteiger partial charge in [0.05, 0.1) is 11.4 Å². The lowest BCUT2D eigenvalue weighted by Gasteiger charge is -2.17. The molecule has 1 atom stereocenters. The Morgan fingerprint density at radius 3 is 2.23 bits per heavy atom. The molecule has 1 aliphatic rings. The van der Waals surface area contributed by atoms with Crippen LogP contribution >= 0.6 is 0 Å². The van der Waals surface area contributed by atoms with E-state index in [1.807, 2.05) is 37.3 Å². The number of amides is 2. The van der Waals surface area contributed by atoms with Crippen LogP contribution in [0.3, 0.4) is 0 Å². The number of hydrogen-bond donors (Lipinski definition) is 3. The second-order valence-electron chi connectivity index (χ2n) is 7.77. The van der Waals surface area contributed by atoms with Gasteiger partial charge in [0.1, 0.15) is 12.6 Å². The van der Waals surface area contributed by atoms with Gasteiger partial charge < -0.3 is 21.1 Å². The summed E-state index contributed by atoms with van der Waals surface area (Å²) in [6, 6.07) is 20.9. The molecular weight excluding hydrogens is 390 g/mol. The van der Waals surface area contributed by atoms with Gasteiger partial charge in [0.15, 0.2) is 0 Å². The fourth-order valence-electron chi connectivity index (χ4n) is 3.92. The van der Waals surface area contributed by atoms with Crippen molar-refractivity contribution in [2.75, 3.05) is 17.7 Å². The van der Waals surface area contributed by atoms with Gasteiger partial charge >= 0.3 is 6.09 Å². The summed E-state index contributed by atoms with van der Waals surface area (Å²) in [6.45, 7) is 3.71. The van der Waals surface area contributed by atoms with Crippen LogP contribution in [0.5, 0.6) is 0 Å².